The molecule has 4 rings (SSSR count). The van der Waals surface area contributed by atoms with Gasteiger partial charge in [-0.25, -0.2) is 4.98 Å². The Balaban J connectivity index is 1.47. The number of nitrogens with zero attached hydrogens (tertiary/aromatic N) is 4. The van der Waals surface area contributed by atoms with Crippen LogP contribution in [-0.2, 0) is 11.3 Å². The van der Waals surface area contributed by atoms with E-state index in [1.807, 2.05) is 36.9 Å². The second-order valence-corrected chi connectivity index (χ2v) is 7.11. The molecule has 24 heavy (non-hydrogen) atoms. The smallest absolute Gasteiger partial charge is 0.228 e. The van der Waals surface area contributed by atoms with Crippen LogP contribution in [0.25, 0.3) is 0 Å². The second-order valence-electron chi connectivity index (χ2n) is 7.11. The van der Waals surface area contributed by atoms with E-state index in [1.165, 1.54) is 5.56 Å². The van der Waals surface area contributed by atoms with Crippen LogP contribution in [0, 0.1) is 19.3 Å². The monoisotopic (exact) mass is 326 g/mol. The summed E-state index contributed by atoms with van der Waals surface area (Å²) in [4.78, 5) is 21.1. The van der Waals surface area contributed by atoms with E-state index in [0.717, 1.165) is 49.9 Å². The molecule has 2 fully saturated rings. The molecule has 126 valence electrons. The largest absolute Gasteiger partial charge is 0.361 e. The third-order valence-electron chi connectivity index (χ3n) is 5.33. The molecule has 0 radical (unpaired) electrons. The summed E-state index contributed by atoms with van der Waals surface area (Å²) in [6.07, 6.45) is 3.40. The minimum atomic E-state index is 0.0492. The van der Waals surface area contributed by atoms with Gasteiger partial charge in [-0.3, -0.25) is 14.6 Å². The number of carbonyl (C=O) groups is 1. The molecule has 0 aromatic carbocycles. The highest BCUT2D eigenvalue weighted by molar-refractivity contribution is 5.95. The van der Waals surface area contributed by atoms with Gasteiger partial charge in [0.05, 0.1) is 5.69 Å². The number of pyridine rings is 1. The van der Waals surface area contributed by atoms with E-state index in [2.05, 4.69) is 15.0 Å². The van der Waals surface area contributed by atoms with Crippen LogP contribution in [0.4, 0.5) is 5.82 Å². The minimum absolute atomic E-state index is 0.0492. The summed E-state index contributed by atoms with van der Waals surface area (Å²) in [5.41, 5.74) is 2.19. The Morgan fingerprint density at radius 2 is 2.17 bits per heavy atom. The van der Waals surface area contributed by atoms with Gasteiger partial charge in [-0.1, -0.05) is 11.2 Å². The maximum absolute atomic E-state index is 12.5. The standard InChI is InChI=1S/C18H22N4O2/c1-13-15(14(2)24-20-13)10-21-8-6-18(11-21)9-17(23)22(12-18)16-5-3-4-7-19-16/h3-5,7H,6,8-12H2,1-2H3. The molecule has 0 saturated carbocycles. The molecule has 6 heteroatoms. The van der Waals surface area contributed by atoms with Gasteiger partial charge < -0.3 is 4.52 Å². The lowest BCUT2D eigenvalue weighted by molar-refractivity contribution is -0.117. The Labute approximate surface area is 141 Å². The Hall–Kier alpha value is -2.21. The Bertz CT molecular complexity index is 738. The highest BCUT2D eigenvalue weighted by Crippen LogP contribution is 2.41. The number of anilines is 1. The van der Waals surface area contributed by atoms with Crippen LogP contribution in [0.15, 0.2) is 28.9 Å². The molecule has 2 aliphatic heterocycles. The number of aromatic nitrogens is 2. The van der Waals surface area contributed by atoms with Gasteiger partial charge in [-0.05, 0) is 38.9 Å². The van der Waals surface area contributed by atoms with E-state index in [9.17, 15) is 4.79 Å². The first-order chi connectivity index (χ1) is 11.6. The molecule has 0 bridgehead atoms. The van der Waals surface area contributed by atoms with Crippen molar-refractivity contribution in [2.45, 2.75) is 33.2 Å². The van der Waals surface area contributed by atoms with Crippen molar-refractivity contribution in [2.24, 2.45) is 5.41 Å². The highest BCUT2D eigenvalue weighted by Gasteiger charge is 2.48. The molecule has 2 aliphatic rings. The molecule has 1 unspecified atom stereocenters. The van der Waals surface area contributed by atoms with Crippen LogP contribution < -0.4 is 4.90 Å². The van der Waals surface area contributed by atoms with Crippen molar-refractivity contribution in [2.75, 3.05) is 24.5 Å². The summed E-state index contributed by atoms with van der Waals surface area (Å²) in [6, 6.07) is 5.72. The maximum Gasteiger partial charge on any atom is 0.228 e. The second kappa shape index (κ2) is 5.70. The van der Waals surface area contributed by atoms with Gasteiger partial charge in [-0.15, -0.1) is 0 Å². The summed E-state index contributed by atoms with van der Waals surface area (Å²) in [6.45, 7) is 7.50. The van der Waals surface area contributed by atoms with Crippen LogP contribution >= 0.6 is 0 Å². The van der Waals surface area contributed by atoms with E-state index >= 15 is 0 Å². The summed E-state index contributed by atoms with van der Waals surface area (Å²) in [5.74, 6) is 1.85. The quantitative estimate of drug-likeness (QED) is 0.866. The Kier molecular flexibility index (Phi) is 3.64. The number of hydrogen-bond donors (Lipinski definition) is 0. The van der Waals surface area contributed by atoms with E-state index in [4.69, 9.17) is 4.52 Å². The van der Waals surface area contributed by atoms with E-state index in [0.29, 0.717) is 6.42 Å². The summed E-state index contributed by atoms with van der Waals surface area (Å²) >= 11 is 0. The van der Waals surface area contributed by atoms with Gasteiger partial charge in [0.15, 0.2) is 0 Å². The summed E-state index contributed by atoms with van der Waals surface area (Å²) in [7, 11) is 0. The predicted octanol–water partition coefficient (Wildman–Crippen LogP) is 2.32. The molecule has 2 aromatic heterocycles. The number of aryl methyl sites for hydroxylation is 2. The molecule has 6 nitrogen and oxygen atoms in total. The third-order valence-corrected chi connectivity index (χ3v) is 5.33. The van der Waals surface area contributed by atoms with Gasteiger partial charge in [0, 0.05) is 43.2 Å². The van der Waals surface area contributed by atoms with Crippen molar-refractivity contribution >= 4 is 11.7 Å². The maximum atomic E-state index is 12.5. The predicted molar refractivity (Wildman–Crippen MR) is 89.5 cm³/mol. The summed E-state index contributed by atoms with van der Waals surface area (Å²) in [5, 5.41) is 4.04. The van der Waals surface area contributed by atoms with Crippen LogP contribution in [0.1, 0.15) is 29.9 Å². The van der Waals surface area contributed by atoms with E-state index in [1.54, 1.807) is 6.20 Å². The van der Waals surface area contributed by atoms with Crippen molar-refractivity contribution in [3.63, 3.8) is 0 Å². The molecule has 1 atom stereocenters. The number of rotatable bonds is 3. The Morgan fingerprint density at radius 3 is 2.88 bits per heavy atom. The molecular formula is C18H22N4O2. The molecule has 2 aromatic rings. The van der Waals surface area contributed by atoms with Crippen molar-refractivity contribution in [1.29, 1.82) is 0 Å². The lowest BCUT2D eigenvalue weighted by atomic mass is 9.86. The molecule has 2 saturated heterocycles. The van der Waals surface area contributed by atoms with E-state index in [-0.39, 0.29) is 11.3 Å². The van der Waals surface area contributed by atoms with Crippen molar-refractivity contribution in [3.8, 4) is 0 Å². The lowest BCUT2D eigenvalue weighted by Gasteiger charge is -2.24. The third kappa shape index (κ3) is 2.60. The van der Waals surface area contributed by atoms with E-state index < -0.39 is 0 Å². The topological polar surface area (TPSA) is 62.5 Å². The minimum Gasteiger partial charge on any atom is -0.361 e. The molecular weight excluding hydrogens is 304 g/mol. The first kappa shape index (κ1) is 15.3. The van der Waals surface area contributed by atoms with Gasteiger partial charge >= 0.3 is 0 Å². The number of hydrogen-bond acceptors (Lipinski definition) is 5. The highest BCUT2D eigenvalue weighted by atomic mass is 16.5. The zero-order valence-electron chi connectivity index (χ0n) is 14.2. The number of carbonyl (C=O) groups excluding carboxylic acids is 1. The first-order valence-corrected chi connectivity index (χ1v) is 8.42. The van der Waals surface area contributed by atoms with Crippen LogP contribution in [0.3, 0.4) is 0 Å². The van der Waals surface area contributed by atoms with Gasteiger partial charge in [0.1, 0.15) is 11.6 Å². The average Bonchev–Trinajstić information content (AvgIpc) is 3.22. The Morgan fingerprint density at radius 1 is 1.29 bits per heavy atom. The van der Waals surface area contributed by atoms with Crippen molar-refractivity contribution in [3.05, 3.63) is 41.4 Å². The SMILES string of the molecule is Cc1noc(C)c1CN1CCC2(CC(=O)N(c3ccccn3)C2)C1. The van der Waals surface area contributed by atoms with Crippen molar-refractivity contribution < 1.29 is 9.32 Å². The molecule has 1 spiro atoms. The zero-order chi connectivity index (χ0) is 16.7. The van der Waals surface area contributed by atoms with Crippen LogP contribution in [0.5, 0.6) is 0 Å². The zero-order valence-corrected chi connectivity index (χ0v) is 14.2. The lowest BCUT2D eigenvalue weighted by Crippen LogP contribution is -2.31. The van der Waals surface area contributed by atoms with Gasteiger partial charge in [0.2, 0.25) is 5.91 Å². The van der Waals surface area contributed by atoms with Crippen LogP contribution in [-0.4, -0.2) is 40.6 Å². The molecule has 0 N–H and O–H groups in total. The molecule has 0 aliphatic carbocycles. The average molecular weight is 326 g/mol. The number of likely N-dealkylation sites (tertiary alicyclic amines) is 1. The van der Waals surface area contributed by atoms with Gasteiger partial charge in [-0.2, -0.15) is 0 Å². The summed E-state index contributed by atoms with van der Waals surface area (Å²) < 4.78 is 5.27. The molecule has 1 amide bonds. The fourth-order valence-electron chi connectivity index (χ4n) is 4.01. The van der Waals surface area contributed by atoms with Crippen molar-refractivity contribution in [1.82, 2.24) is 15.0 Å². The number of amides is 1. The molecule has 4 heterocycles. The van der Waals surface area contributed by atoms with Gasteiger partial charge in [0.25, 0.3) is 0 Å². The fraction of sp³-hybridized carbons (Fsp3) is 0.500. The van der Waals surface area contributed by atoms with Crippen LogP contribution in [0.2, 0.25) is 0 Å². The fourth-order valence-corrected chi connectivity index (χ4v) is 4.01. The normalized spacial score (nSPS) is 24.4. The first-order valence-electron chi connectivity index (χ1n) is 8.42.